The average Bonchev–Trinajstić information content (AvgIpc) is 2.83. The Balaban J connectivity index is 1.88. The van der Waals surface area contributed by atoms with E-state index in [-0.39, 0.29) is 15.8 Å². The lowest BCUT2D eigenvalue weighted by molar-refractivity contribution is 0.520. The molecular weight excluding hydrogens is 553 g/mol. The summed E-state index contributed by atoms with van der Waals surface area (Å²) in [7, 11) is -1.17. The zero-order valence-corrected chi connectivity index (χ0v) is 24.7. The van der Waals surface area contributed by atoms with Gasteiger partial charge in [-0.25, -0.2) is 25.4 Å². The minimum atomic E-state index is -3.55. The largest absolute Gasteiger partial charge is 0.362 e. The smallest absolute Gasteiger partial charge is 0.242 e. The van der Waals surface area contributed by atoms with Gasteiger partial charge in [0.25, 0.3) is 0 Å². The molecule has 0 aliphatic heterocycles. The molecule has 0 amide bonds. The van der Waals surface area contributed by atoms with E-state index in [0.717, 1.165) is 15.0 Å². The molecule has 0 radical (unpaired) electrons. The lowest BCUT2D eigenvalue weighted by Gasteiger charge is -2.21. The highest BCUT2D eigenvalue weighted by Crippen LogP contribution is 2.19. The van der Waals surface area contributed by atoms with Gasteiger partial charge in [0.2, 0.25) is 20.0 Å². The zero-order chi connectivity index (χ0) is 27.8. The Kier molecular flexibility index (Phi) is 11.2. The summed E-state index contributed by atoms with van der Waals surface area (Å²) in [5, 5.41) is 13.2. The Morgan fingerprint density at radius 2 is 1.27 bits per heavy atom. The van der Waals surface area contributed by atoms with E-state index in [2.05, 4.69) is 21.3 Å². The minimum absolute atomic E-state index is 0.0394. The highest BCUT2D eigenvalue weighted by molar-refractivity contribution is 7.89. The number of hydrogen-bond acceptors (Lipinski definition) is 6. The molecule has 0 spiro atoms. The summed E-state index contributed by atoms with van der Waals surface area (Å²) in [5.41, 5.74) is 1.13. The summed E-state index contributed by atoms with van der Waals surface area (Å²) in [6.45, 7) is 2.57. The predicted octanol–water partition coefficient (Wildman–Crippen LogP) is 2.63. The average molecular weight is 587 g/mol. The first kappa shape index (κ1) is 30.9. The van der Waals surface area contributed by atoms with E-state index in [1.165, 1.54) is 52.5 Å². The van der Waals surface area contributed by atoms with Crippen molar-refractivity contribution in [1.82, 2.24) is 19.2 Å². The van der Waals surface area contributed by atoms with Crippen molar-refractivity contribution in [2.45, 2.75) is 35.6 Å². The van der Waals surface area contributed by atoms with E-state index in [4.69, 9.17) is 24.4 Å². The van der Waals surface area contributed by atoms with Gasteiger partial charge in [0.15, 0.2) is 10.2 Å². The molecule has 0 saturated heterocycles. The summed E-state index contributed by atoms with van der Waals surface area (Å²) >= 11 is 10.8. The predicted molar refractivity (Wildman–Crippen MR) is 157 cm³/mol. The lowest BCUT2D eigenvalue weighted by Crippen LogP contribution is -2.40. The van der Waals surface area contributed by atoms with Crippen LogP contribution in [0.25, 0.3) is 0 Å². The number of nitrogens with zero attached hydrogens (tertiary/aromatic N) is 2. The molecule has 0 aliphatic carbocycles. The van der Waals surface area contributed by atoms with Crippen LogP contribution in [0.1, 0.15) is 19.8 Å². The van der Waals surface area contributed by atoms with Crippen LogP contribution in [0.15, 0.2) is 58.3 Å². The Hall–Kier alpha value is -2.36. The molecule has 0 unspecified atom stereocenters. The molecular formula is C23H34N6O4S4. The quantitative estimate of drug-likeness (QED) is 0.292. The monoisotopic (exact) mass is 586 g/mol. The molecule has 10 nitrogen and oxygen atoms in total. The molecule has 204 valence electrons. The van der Waals surface area contributed by atoms with Crippen molar-refractivity contribution in [3.05, 3.63) is 48.5 Å². The normalized spacial score (nSPS) is 12.7. The summed E-state index contributed by atoms with van der Waals surface area (Å²) in [4.78, 5) is 0.346. The molecule has 1 atom stereocenters. The molecule has 0 aliphatic rings. The molecule has 0 aromatic heterocycles. The van der Waals surface area contributed by atoms with Gasteiger partial charge in [0.05, 0.1) is 9.79 Å². The van der Waals surface area contributed by atoms with Gasteiger partial charge in [-0.05, 0) is 73.7 Å². The lowest BCUT2D eigenvalue weighted by atomic mass is 10.1. The van der Waals surface area contributed by atoms with Crippen molar-refractivity contribution in [2.75, 3.05) is 45.4 Å². The van der Waals surface area contributed by atoms with Crippen molar-refractivity contribution in [1.29, 1.82) is 0 Å². The molecule has 2 aromatic rings. The van der Waals surface area contributed by atoms with Crippen LogP contribution in [0, 0.1) is 0 Å². The number of thiocarbonyl (C=S) groups is 2. The molecule has 0 saturated carbocycles. The van der Waals surface area contributed by atoms with Crippen LogP contribution in [0.2, 0.25) is 0 Å². The Bertz CT molecular complexity index is 1310. The van der Waals surface area contributed by atoms with Crippen molar-refractivity contribution < 1.29 is 16.8 Å². The van der Waals surface area contributed by atoms with Gasteiger partial charge < -0.3 is 21.3 Å². The Morgan fingerprint density at radius 3 is 1.70 bits per heavy atom. The number of benzene rings is 2. The van der Waals surface area contributed by atoms with Crippen LogP contribution in [0.3, 0.4) is 0 Å². The van der Waals surface area contributed by atoms with Crippen LogP contribution in [0.4, 0.5) is 11.4 Å². The highest BCUT2D eigenvalue weighted by atomic mass is 32.2. The summed E-state index contributed by atoms with van der Waals surface area (Å²) in [6.07, 6.45) is 1.49. The summed E-state index contributed by atoms with van der Waals surface area (Å²) < 4.78 is 51.7. The van der Waals surface area contributed by atoms with Crippen LogP contribution >= 0.6 is 24.4 Å². The molecule has 37 heavy (non-hydrogen) atoms. The molecule has 0 bridgehead atoms. The fourth-order valence-corrected chi connectivity index (χ4v) is 5.56. The van der Waals surface area contributed by atoms with E-state index in [1.54, 1.807) is 24.3 Å². The number of anilines is 2. The number of sulfonamides is 2. The maximum atomic E-state index is 12.4. The van der Waals surface area contributed by atoms with Crippen molar-refractivity contribution in [3.63, 3.8) is 0 Å². The van der Waals surface area contributed by atoms with Gasteiger partial charge in [-0.3, -0.25) is 0 Å². The van der Waals surface area contributed by atoms with Gasteiger partial charge in [-0.2, -0.15) is 0 Å². The summed E-state index contributed by atoms with van der Waals surface area (Å²) in [6, 6.07) is 13.0. The standard InChI is InChI=1S/C23H34N6O4S4/c1-6-17(25-23(35)27-19-10-8-12-21(16-19)37(32,33)29(4)5)13-14-24-22(34)26-18-9-7-11-20(15-18)36(30,31)28(2)3/h7-12,15-17H,6,13-14H2,1-5H3,(H2,24,26,34)(H2,25,27,35)/t17-/m1/s1. The van der Waals surface area contributed by atoms with Gasteiger partial charge in [-0.15, -0.1) is 0 Å². The topological polar surface area (TPSA) is 123 Å². The molecule has 0 fully saturated rings. The van der Waals surface area contributed by atoms with Crippen LogP contribution < -0.4 is 21.3 Å². The highest BCUT2D eigenvalue weighted by Gasteiger charge is 2.18. The third-order valence-electron chi connectivity index (χ3n) is 5.35. The van der Waals surface area contributed by atoms with Crippen molar-refractivity contribution in [2.24, 2.45) is 0 Å². The van der Waals surface area contributed by atoms with Crippen LogP contribution in [-0.2, 0) is 20.0 Å². The molecule has 2 aromatic carbocycles. The molecule has 0 heterocycles. The maximum absolute atomic E-state index is 12.4. The second-order valence-electron chi connectivity index (χ2n) is 8.50. The van der Waals surface area contributed by atoms with Crippen molar-refractivity contribution >= 4 is 66.1 Å². The van der Waals surface area contributed by atoms with Gasteiger partial charge in [0.1, 0.15) is 0 Å². The van der Waals surface area contributed by atoms with E-state index in [1.807, 2.05) is 6.92 Å². The summed E-state index contributed by atoms with van der Waals surface area (Å²) in [5.74, 6) is 0. The fraction of sp³-hybridized carbons (Fsp3) is 0.391. The number of hydrogen-bond donors (Lipinski definition) is 4. The molecule has 4 N–H and O–H groups in total. The Labute approximate surface area is 230 Å². The minimum Gasteiger partial charge on any atom is -0.362 e. The van der Waals surface area contributed by atoms with E-state index < -0.39 is 20.0 Å². The molecule has 2 rings (SSSR count). The third kappa shape index (κ3) is 8.86. The first-order valence-corrected chi connectivity index (χ1v) is 15.1. The van der Waals surface area contributed by atoms with Crippen LogP contribution in [-0.4, -0.2) is 76.4 Å². The number of rotatable bonds is 11. The second-order valence-corrected chi connectivity index (χ2v) is 13.6. The third-order valence-corrected chi connectivity index (χ3v) is 9.44. The maximum Gasteiger partial charge on any atom is 0.242 e. The van der Waals surface area contributed by atoms with Crippen LogP contribution in [0.5, 0.6) is 0 Å². The molecule has 14 heteroatoms. The van der Waals surface area contributed by atoms with E-state index in [9.17, 15) is 16.8 Å². The number of nitrogens with one attached hydrogen (secondary N) is 4. The Morgan fingerprint density at radius 1 is 0.811 bits per heavy atom. The van der Waals surface area contributed by atoms with Crippen molar-refractivity contribution in [3.8, 4) is 0 Å². The second kappa shape index (κ2) is 13.4. The van der Waals surface area contributed by atoms with Gasteiger partial charge >= 0.3 is 0 Å². The van der Waals surface area contributed by atoms with Gasteiger partial charge in [0, 0.05) is 52.2 Å². The SMILES string of the molecule is CC[C@H](CCNC(=S)Nc1cccc(S(=O)(=O)N(C)C)c1)NC(=S)Nc1cccc(S(=O)(=O)N(C)C)c1. The van der Waals surface area contributed by atoms with E-state index in [0.29, 0.717) is 34.6 Å². The first-order chi connectivity index (χ1) is 17.3. The van der Waals surface area contributed by atoms with E-state index >= 15 is 0 Å². The zero-order valence-electron chi connectivity index (χ0n) is 21.5. The van der Waals surface area contributed by atoms with Gasteiger partial charge in [-0.1, -0.05) is 19.1 Å². The first-order valence-electron chi connectivity index (χ1n) is 11.4. The fourth-order valence-electron chi connectivity index (χ4n) is 3.16.